The molecule has 7 nitrogen and oxygen atoms in total. The average Bonchev–Trinajstić information content (AvgIpc) is 3.28. The van der Waals surface area contributed by atoms with Gasteiger partial charge in [0.2, 0.25) is 5.91 Å². The zero-order valence-corrected chi connectivity index (χ0v) is 20.5. The Balaban J connectivity index is 1.73. The van der Waals surface area contributed by atoms with Crippen molar-refractivity contribution in [3.63, 3.8) is 0 Å². The summed E-state index contributed by atoms with van der Waals surface area (Å²) in [7, 11) is -2.34. The SMILES string of the molecule is COc1ccccc1CCN(CC(=O)NCc1ccc(CN)cc1)S(=O)(=O)c1ccc(Cl)s1. The van der Waals surface area contributed by atoms with Crippen molar-refractivity contribution in [1.82, 2.24) is 9.62 Å². The van der Waals surface area contributed by atoms with Crippen LogP contribution >= 0.6 is 22.9 Å². The second kappa shape index (κ2) is 11.6. The first-order valence-corrected chi connectivity index (χ1v) is 12.9. The highest BCUT2D eigenvalue weighted by atomic mass is 35.5. The molecule has 0 unspecified atom stereocenters. The van der Waals surface area contributed by atoms with Crippen molar-refractivity contribution in [2.24, 2.45) is 5.73 Å². The van der Waals surface area contributed by atoms with Crippen molar-refractivity contribution in [2.75, 3.05) is 20.2 Å². The number of benzene rings is 2. The van der Waals surface area contributed by atoms with Gasteiger partial charge in [-0.2, -0.15) is 4.31 Å². The van der Waals surface area contributed by atoms with Gasteiger partial charge >= 0.3 is 0 Å². The van der Waals surface area contributed by atoms with Crippen LogP contribution in [0.5, 0.6) is 5.75 Å². The van der Waals surface area contributed by atoms with Crippen LogP contribution in [0.3, 0.4) is 0 Å². The number of hydrogen-bond acceptors (Lipinski definition) is 6. The van der Waals surface area contributed by atoms with Crippen LogP contribution in [0.2, 0.25) is 4.34 Å². The molecule has 0 aliphatic heterocycles. The smallest absolute Gasteiger partial charge is 0.253 e. The van der Waals surface area contributed by atoms with Crippen LogP contribution in [-0.2, 0) is 34.3 Å². The van der Waals surface area contributed by atoms with Gasteiger partial charge in [0.05, 0.1) is 18.0 Å². The third-order valence-electron chi connectivity index (χ3n) is 5.03. The summed E-state index contributed by atoms with van der Waals surface area (Å²) in [5, 5.41) is 2.79. The predicted molar refractivity (Wildman–Crippen MR) is 131 cm³/mol. The van der Waals surface area contributed by atoms with E-state index < -0.39 is 15.9 Å². The van der Waals surface area contributed by atoms with Gasteiger partial charge in [0.1, 0.15) is 9.96 Å². The number of halogens is 1. The van der Waals surface area contributed by atoms with Crippen LogP contribution in [0.15, 0.2) is 64.9 Å². The molecule has 33 heavy (non-hydrogen) atoms. The molecule has 10 heteroatoms. The summed E-state index contributed by atoms with van der Waals surface area (Å²) in [6.07, 6.45) is 0.385. The topological polar surface area (TPSA) is 102 Å². The molecular formula is C23H26ClN3O4S2. The third-order valence-corrected chi connectivity index (χ3v) is 8.58. The fourth-order valence-electron chi connectivity index (χ4n) is 3.21. The number of amides is 1. The van der Waals surface area contributed by atoms with Crippen molar-refractivity contribution in [1.29, 1.82) is 0 Å². The van der Waals surface area contributed by atoms with Crippen LogP contribution in [0.25, 0.3) is 0 Å². The number of rotatable bonds is 11. The quantitative estimate of drug-likeness (QED) is 0.414. The number of para-hydroxylation sites is 1. The minimum absolute atomic E-state index is 0.0951. The van der Waals surface area contributed by atoms with E-state index in [9.17, 15) is 13.2 Å². The summed E-state index contributed by atoms with van der Waals surface area (Å²) in [6.45, 7) is 0.526. The Kier molecular flexibility index (Phi) is 8.87. The number of nitrogens with two attached hydrogens (primary N) is 1. The summed E-state index contributed by atoms with van der Waals surface area (Å²) in [5.41, 5.74) is 8.35. The minimum atomic E-state index is -3.91. The van der Waals surface area contributed by atoms with Gasteiger partial charge in [-0.1, -0.05) is 54.1 Å². The molecule has 1 amide bonds. The number of carbonyl (C=O) groups is 1. The standard InChI is InChI=1S/C23H26ClN3O4S2/c1-31-20-5-3-2-4-19(20)12-13-27(33(29,30)23-11-10-21(24)32-23)16-22(28)26-15-18-8-6-17(14-25)7-9-18/h2-11H,12-16,25H2,1H3,(H,26,28). The second-order valence-corrected chi connectivity index (χ2v) is 11.1. The molecule has 0 bridgehead atoms. The number of nitrogens with zero attached hydrogens (tertiary/aromatic N) is 1. The molecule has 0 spiro atoms. The van der Waals surface area contributed by atoms with Crippen molar-refractivity contribution < 1.29 is 17.9 Å². The van der Waals surface area contributed by atoms with Crippen LogP contribution in [0, 0.1) is 0 Å². The van der Waals surface area contributed by atoms with E-state index in [0.717, 1.165) is 28.0 Å². The van der Waals surface area contributed by atoms with E-state index >= 15 is 0 Å². The number of carbonyl (C=O) groups excluding carboxylic acids is 1. The van der Waals surface area contributed by atoms with Crippen molar-refractivity contribution in [3.8, 4) is 5.75 Å². The molecule has 0 atom stereocenters. The molecule has 0 saturated heterocycles. The summed E-state index contributed by atoms with van der Waals surface area (Å²) < 4.78 is 33.5. The molecule has 1 heterocycles. The fourth-order valence-corrected chi connectivity index (χ4v) is 6.25. The number of methoxy groups -OCH3 is 1. The third kappa shape index (κ3) is 6.78. The van der Waals surface area contributed by atoms with Crippen molar-refractivity contribution >= 4 is 38.9 Å². The normalized spacial score (nSPS) is 11.5. The average molecular weight is 508 g/mol. The lowest BCUT2D eigenvalue weighted by molar-refractivity contribution is -0.121. The molecule has 3 rings (SSSR count). The molecule has 0 aliphatic carbocycles. The lowest BCUT2D eigenvalue weighted by atomic mass is 10.1. The Morgan fingerprint density at radius 3 is 2.42 bits per heavy atom. The Labute approximate surface area is 203 Å². The largest absolute Gasteiger partial charge is 0.496 e. The van der Waals surface area contributed by atoms with Gasteiger partial charge in [-0.3, -0.25) is 4.79 Å². The molecule has 0 fully saturated rings. The first-order valence-electron chi connectivity index (χ1n) is 10.3. The van der Waals surface area contributed by atoms with Crippen molar-refractivity contribution in [2.45, 2.75) is 23.7 Å². The molecule has 0 saturated carbocycles. The molecule has 2 aromatic carbocycles. The molecule has 3 aromatic rings. The molecular weight excluding hydrogens is 482 g/mol. The molecule has 3 N–H and O–H groups in total. The summed E-state index contributed by atoms with van der Waals surface area (Å²) in [4.78, 5) is 12.7. The highest BCUT2D eigenvalue weighted by molar-refractivity contribution is 7.91. The van der Waals surface area contributed by atoms with Gasteiger partial charge in [-0.15, -0.1) is 11.3 Å². The van der Waals surface area contributed by atoms with Crippen LogP contribution in [-0.4, -0.2) is 38.8 Å². The Hall–Kier alpha value is -2.43. The molecule has 1 aromatic heterocycles. The van der Waals surface area contributed by atoms with E-state index in [4.69, 9.17) is 22.1 Å². The molecule has 0 aliphatic rings. The van der Waals surface area contributed by atoms with Crippen LogP contribution in [0.1, 0.15) is 16.7 Å². The summed E-state index contributed by atoms with van der Waals surface area (Å²) >= 11 is 6.92. The van der Waals surface area contributed by atoms with Gasteiger partial charge in [-0.25, -0.2) is 8.42 Å². The zero-order chi connectivity index (χ0) is 23.8. The lowest BCUT2D eigenvalue weighted by Gasteiger charge is -2.21. The Morgan fingerprint density at radius 2 is 1.79 bits per heavy atom. The number of thiophene rings is 1. The summed E-state index contributed by atoms with van der Waals surface area (Å²) in [5.74, 6) is 0.267. The maximum atomic E-state index is 13.3. The minimum Gasteiger partial charge on any atom is -0.496 e. The van der Waals surface area contributed by atoms with E-state index in [1.807, 2.05) is 48.5 Å². The maximum Gasteiger partial charge on any atom is 0.253 e. The van der Waals surface area contributed by atoms with E-state index in [1.54, 1.807) is 7.11 Å². The van der Waals surface area contributed by atoms with Crippen molar-refractivity contribution in [3.05, 3.63) is 81.7 Å². The second-order valence-electron chi connectivity index (χ2n) is 7.26. The number of ether oxygens (including phenoxy) is 1. The number of nitrogens with one attached hydrogen (secondary N) is 1. The number of sulfonamides is 1. The Morgan fingerprint density at radius 1 is 1.09 bits per heavy atom. The first kappa shape index (κ1) is 25.2. The van der Waals surface area contributed by atoms with Crippen LogP contribution in [0.4, 0.5) is 0 Å². The fraction of sp³-hybridized carbons (Fsp3) is 0.261. The van der Waals surface area contributed by atoms with Crippen LogP contribution < -0.4 is 15.8 Å². The van der Waals surface area contributed by atoms with E-state index in [-0.39, 0.29) is 23.8 Å². The van der Waals surface area contributed by atoms with Gasteiger partial charge < -0.3 is 15.8 Å². The van der Waals surface area contributed by atoms with E-state index in [0.29, 0.717) is 23.1 Å². The zero-order valence-electron chi connectivity index (χ0n) is 18.2. The highest BCUT2D eigenvalue weighted by Gasteiger charge is 2.28. The monoisotopic (exact) mass is 507 g/mol. The van der Waals surface area contributed by atoms with E-state index in [2.05, 4.69) is 5.32 Å². The maximum absolute atomic E-state index is 13.3. The summed E-state index contributed by atoms with van der Waals surface area (Å²) in [6, 6.07) is 17.9. The Bertz CT molecular complexity index is 1180. The molecule has 0 radical (unpaired) electrons. The van der Waals surface area contributed by atoms with E-state index in [1.165, 1.54) is 16.4 Å². The van der Waals surface area contributed by atoms with Gasteiger partial charge in [-0.05, 0) is 41.3 Å². The molecule has 176 valence electrons. The first-order chi connectivity index (χ1) is 15.8. The van der Waals surface area contributed by atoms with Gasteiger partial charge in [0.25, 0.3) is 10.0 Å². The van der Waals surface area contributed by atoms with Gasteiger partial charge in [0, 0.05) is 19.6 Å². The van der Waals surface area contributed by atoms with Gasteiger partial charge in [0.15, 0.2) is 0 Å². The predicted octanol–water partition coefficient (Wildman–Crippen LogP) is 3.42. The lowest BCUT2D eigenvalue weighted by Crippen LogP contribution is -2.41. The number of hydrogen-bond donors (Lipinski definition) is 2. The highest BCUT2D eigenvalue weighted by Crippen LogP contribution is 2.28.